The fourth-order valence-electron chi connectivity index (χ4n) is 4.31. The molecule has 0 saturated carbocycles. The molecule has 2 aliphatic rings. The number of carboxylic acids is 1. The van der Waals surface area contributed by atoms with E-state index in [0.29, 0.717) is 32.4 Å². The van der Waals surface area contributed by atoms with Crippen molar-refractivity contribution in [2.45, 2.75) is 38.8 Å². The van der Waals surface area contributed by atoms with Gasteiger partial charge in [-0.3, -0.25) is 14.4 Å². The molecular formula is C22H24N2O5. The summed E-state index contributed by atoms with van der Waals surface area (Å²) in [6.07, 6.45) is 3.01. The SMILES string of the molecule is CC1(C(=O)O)CCCN(C(=O)C2Cc3ccccc3CN2C(=O)c2ccco2)C1. The molecule has 2 unspecified atom stereocenters. The number of benzene rings is 1. The van der Waals surface area contributed by atoms with Gasteiger partial charge in [-0.2, -0.15) is 0 Å². The predicted molar refractivity (Wildman–Crippen MR) is 104 cm³/mol. The molecule has 29 heavy (non-hydrogen) atoms. The van der Waals surface area contributed by atoms with Gasteiger partial charge in [0.1, 0.15) is 6.04 Å². The zero-order valence-corrected chi connectivity index (χ0v) is 16.3. The van der Waals surface area contributed by atoms with Crippen molar-refractivity contribution in [2.24, 2.45) is 5.41 Å². The molecule has 1 fully saturated rings. The number of nitrogens with zero attached hydrogens (tertiary/aromatic N) is 2. The first-order valence-electron chi connectivity index (χ1n) is 9.82. The van der Waals surface area contributed by atoms with Gasteiger partial charge in [0.15, 0.2) is 5.76 Å². The minimum Gasteiger partial charge on any atom is -0.481 e. The normalized spacial score (nSPS) is 24.1. The van der Waals surface area contributed by atoms with E-state index in [4.69, 9.17) is 4.42 Å². The quantitative estimate of drug-likeness (QED) is 0.861. The Morgan fingerprint density at radius 2 is 1.90 bits per heavy atom. The third-order valence-corrected chi connectivity index (χ3v) is 6.05. The molecule has 1 aromatic heterocycles. The fourth-order valence-corrected chi connectivity index (χ4v) is 4.31. The van der Waals surface area contributed by atoms with Crippen LogP contribution in [-0.2, 0) is 22.6 Å². The van der Waals surface area contributed by atoms with Crippen LogP contribution >= 0.6 is 0 Å². The minimum atomic E-state index is -0.962. The number of likely N-dealkylation sites (tertiary alicyclic amines) is 1. The maximum atomic E-state index is 13.5. The lowest BCUT2D eigenvalue weighted by Gasteiger charge is -2.42. The molecule has 0 spiro atoms. The molecule has 1 N–H and O–H groups in total. The third-order valence-electron chi connectivity index (χ3n) is 6.05. The van der Waals surface area contributed by atoms with Crippen molar-refractivity contribution >= 4 is 17.8 Å². The zero-order valence-electron chi connectivity index (χ0n) is 16.3. The number of hydrogen-bond acceptors (Lipinski definition) is 4. The van der Waals surface area contributed by atoms with Gasteiger partial charge >= 0.3 is 5.97 Å². The van der Waals surface area contributed by atoms with Crippen LogP contribution in [0, 0.1) is 5.41 Å². The minimum absolute atomic E-state index is 0.155. The summed E-state index contributed by atoms with van der Waals surface area (Å²) in [6.45, 7) is 2.65. The molecule has 0 bridgehead atoms. The molecule has 4 rings (SSSR count). The topological polar surface area (TPSA) is 91.1 Å². The van der Waals surface area contributed by atoms with Crippen molar-refractivity contribution in [2.75, 3.05) is 13.1 Å². The summed E-state index contributed by atoms with van der Waals surface area (Å²) in [6, 6.07) is 10.3. The fraction of sp³-hybridized carbons (Fsp3) is 0.409. The Labute approximate surface area is 168 Å². The largest absolute Gasteiger partial charge is 0.481 e. The number of carboxylic acid groups (broad SMARTS) is 1. The summed E-state index contributed by atoms with van der Waals surface area (Å²) in [5, 5.41) is 9.59. The Hall–Kier alpha value is -3.09. The first-order chi connectivity index (χ1) is 13.9. The lowest BCUT2D eigenvalue weighted by Crippen LogP contribution is -2.57. The van der Waals surface area contributed by atoms with E-state index in [1.54, 1.807) is 28.9 Å². The van der Waals surface area contributed by atoms with Crippen LogP contribution in [0.1, 0.15) is 41.4 Å². The summed E-state index contributed by atoms with van der Waals surface area (Å²) in [7, 11) is 0. The molecule has 7 nitrogen and oxygen atoms in total. The molecular weight excluding hydrogens is 372 g/mol. The predicted octanol–water partition coefficient (Wildman–Crippen LogP) is 2.56. The van der Waals surface area contributed by atoms with Crippen molar-refractivity contribution in [3.8, 4) is 0 Å². The number of rotatable bonds is 3. The molecule has 3 heterocycles. The third kappa shape index (κ3) is 3.52. The van der Waals surface area contributed by atoms with E-state index in [9.17, 15) is 19.5 Å². The summed E-state index contributed by atoms with van der Waals surface area (Å²) in [5.41, 5.74) is 1.08. The number of furan rings is 1. The van der Waals surface area contributed by atoms with Crippen LogP contribution in [-0.4, -0.2) is 51.8 Å². The van der Waals surface area contributed by atoms with Gasteiger partial charge in [-0.15, -0.1) is 0 Å². The van der Waals surface area contributed by atoms with Gasteiger partial charge < -0.3 is 19.3 Å². The lowest BCUT2D eigenvalue weighted by molar-refractivity contribution is -0.154. The Balaban J connectivity index is 1.64. The second kappa shape index (κ2) is 7.39. The standard InChI is InChI=1S/C22H24N2O5/c1-22(21(27)28)9-5-10-23(14-22)19(25)17-12-15-6-2-3-7-16(15)13-24(17)20(26)18-8-4-11-29-18/h2-4,6-8,11,17H,5,9-10,12-14H2,1H3,(H,27,28). The van der Waals surface area contributed by atoms with Crippen molar-refractivity contribution in [1.82, 2.24) is 9.80 Å². The second-order valence-electron chi connectivity index (χ2n) is 8.13. The molecule has 152 valence electrons. The highest BCUT2D eigenvalue weighted by Crippen LogP contribution is 2.32. The first-order valence-corrected chi connectivity index (χ1v) is 9.82. The number of aliphatic carboxylic acids is 1. The summed E-state index contributed by atoms with van der Waals surface area (Å²) in [4.78, 5) is 41.4. The zero-order chi connectivity index (χ0) is 20.6. The molecule has 1 aromatic carbocycles. The van der Waals surface area contributed by atoms with Crippen LogP contribution in [0.5, 0.6) is 0 Å². The number of fused-ring (bicyclic) bond motifs is 1. The lowest BCUT2D eigenvalue weighted by atomic mass is 9.81. The Kier molecular flexibility index (Phi) is 4.90. The highest BCUT2D eigenvalue weighted by Gasteiger charge is 2.43. The van der Waals surface area contributed by atoms with Crippen LogP contribution in [0.15, 0.2) is 47.1 Å². The van der Waals surface area contributed by atoms with E-state index in [0.717, 1.165) is 11.1 Å². The number of carbonyl (C=O) groups is 3. The smallest absolute Gasteiger partial charge is 0.311 e. The Bertz CT molecular complexity index is 938. The Morgan fingerprint density at radius 3 is 2.59 bits per heavy atom. The van der Waals surface area contributed by atoms with Crippen LogP contribution in [0.2, 0.25) is 0 Å². The monoisotopic (exact) mass is 396 g/mol. The van der Waals surface area contributed by atoms with E-state index in [-0.39, 0.29) is 24.1 Å². The van der Waals surface area contributed by atoms with Gasteiger partial charge in [0, 0.05) is 26.1 Å². The van der Waals surface area contributed by atoms with E-state index in [2.05, 4.69) is 0 Å². The highest BCUT2D eigenvalue weighted by atomic mass is 16.4. The first kappa shape index (κ1) is 19.2. The molecule has 2 atom stereocenters. The molecule has 2 aliphatic heterocycles. The molecule has 1 saturated heterocycles. The van der Waals surface area contributed by atoms with E-state index in [1.807, 2.05) is 24.3 Å². The summed E-state index contributed by atoms with van der Waals surface area (Å²) >= 11 is 0. The van der Waals surface area contributed by atoms with Crippen LogP contribution in [0.25, 0.3) is 0 Å². The van der Waals surface area contributed by atoms with Crippen molar-refractivity contribution in [3.63, 3.8) is 0 Å². The molecule has 0 aliphatic carbocycles. The molecule has 2 amide bonds. The average Bonchev–Trinajstić information content (AvgIpc) is 3.26. The number of piperidine rings is 1. The highest BCUT2D eigenvalue weighted by molar-refractivity contribution is 5.96. The number of hydrogen-bond donors (Lipinski definition) is 1. The molecule has 0 radical (unpaired) electrons. The summed E-state index contributed by atoms with van der Waals surface area (Å²) < 4.78 is 5.28. The summed E-state index contributed by atoms with van der Waals surface area (Å²) in [5.74, 6) is -1.24. The number of carbonyl (C=O) groups excluding carboxylic acids is 2. The van der Waals surface area contributed by atoms with E-state index >= 15 is 0 Å². The van der Waals surface area contributed by atoms with Crippen molar-refractivity contribution in [1.29, 1.82) is 0 Å². The van der Waals surface area contributed by atoms with Crippen LogP contribution in [0.3, 0.4) is 0 Å². The van der Waals surface area contributed by atoms with E-state index in [1.165, 1.54) is 6.26 Å². The van der Waals surface area contributed by atoms with Crippen molar-refractivity contribution < 1.29 is 23.9 Å². The van der Waals surface area contributed by atoms with E-state index < -0.39 is 17.4 Å². The van der Waals surface area contributed by atoms with Gasteiger partial charge in [-0.25, -0.2) is 0 Å². The van der Waals surface area contributed by atoms with Gasteiger partial charge in [-0.1, -0.05) is 24.3 Å². The second-order valence-corrected chi connectivity index (χ2v) is 8.13. The number of amides is 2. The van der Waals surface area contributed by atoms with Gasteiger partial charge in [0.05, 0.1) is 11.7 Å². The molecule has 2 aromatic rings. The molecule has 7 heteroatoms. The van der Waals surface area contributed by atoms with Gasteiger partial charge in [-0.05, 0) is 43.0 Å². The van der Waals surface area contributed by atoms with Gasteiger partial charge in [0.25, 0.3) is 5.91 Å². The average molecular weight is 396 g/mol. The maximum Gasteiger partial charge on any atom is 0.311 e. The Morgan fingerprint density at radius 1 is 1.14 bits per heavy atom. The van der Waals surface area contributed by atoms with Crippen LogP contribution < -0.4 is 0 Å². The van der Waals surface area contributed by atoms with Crippen LogP contribution in [0.4, 0.5) is 0 Å². The van der Waals surface area contributed by atoms with Crippen molar-refractivity contribution in [3.05, 3.63) is 59.5 Å². The van der Waals surface area contributed by atoms with Gasteiger partial charge in [0.2, 0.25) is 5.91 Å². The maximum absolute atomic E-state index is 13.5.